The highest BCUT2D eigenvalue weighted by Gasteiger charge is 2.23. The van der Waals surface area contributed by atoms with Crippen LogP contribution in [0.5, 0.6) is 0 Å². The summed E-state index contributed by atoms with van der Waals surface area (Å²) in [4.78, 5) is 50.4. The zero-order valence-corrected chi connectivity index (χ0v) is 28.8. The van der Waals surface area contributed by atoms with E-state index >= 15 is 0 Å². The second kappa shape index (κ2) is 15.6. The van der Waals surface area contributed by atoms with Gasteiger partial charge in [0.25, 0.3) is 11.8 Å². The van der Waals surface area contributed by atoms with Crippen LogP contribution in [-0.4, -0.2) is 42.4 Å². The molecule has 0 heterocycles. The molecule has 53 heavy (non-hydrogen) atoms. The topological polar surface area (TPSA) is 167 Å². The highest BCUT2D eigenvalue weighted by Crippen LogP contribution is 2.27. The Morgan fingerprint density at radius 1 is 0.434 bits per heavy atom. The first-order chi connectivity index (χ1) is 25.5. The maximum Gasteiger partial charge on any atom is 0.336 e. The van der Waals surface area contributed by atoms with E-state index in [0.29, 0.717) is 24.0 Å². The fraction of sp³-hybridized carbons (Fsp3) is 0.0476. The second-order valence-electron chi connectivity index (χ2n) is 12.2. The first-order valence-corrected chi connectivity index (χ1v) is 17.8. The SMILES string of the molecule is O=C(O)c1cc(Cc2ccccc2)ccc1C(=O)Nc1cccc(S(=O)(=O)c2cccc(NC(=O)c3ccc(Cc4ccccc4)cc3C(=O)O)c2)c1. The van der Waals surface area contributed by atoms with Crippen molar-refractivity contribution in [2.75, 3.05) is 10.6 Å². The molecule has 2 amide bonds. The van der Waals surface area contributed by atoms with E-state index in [1.165, 1.54) is 72.8 Å². The fourth-order valence-corrected chi connectivity index (χ4v) is 7.18. The van der Waals surface area contributed by atoms with E-state index in [-0.39, 0.29) is 43.4 Å². The lowest BCUT2D eigenvalue weighted by Gasteiger charge is -2.13. The van der Waals surface area contributed by atoms with E-state index in [1.54, 1.807) is 12.1 Å². The van der Waals surface area contributed by atoms with Gasteiger partial charge in [-0.25, -0.2) is 18.0 Å². The van der Waals surface area contributed by atoms with Crippen molar-refractivity contribution in [3.63, 3.8) is 0 Å². The fourth-order valence-electron chi connectivity index (χ4n) is 5.83. The number of nitrogens with one attached hydrogen (secondary N) is 2. The number of carboxylic acid groups (broad SMARTS) is 2. The summed E-state index contributed by atoms with van der Waals surface area (Å²) in [6.45, 7) is 0. The van der Waals surface area contributed by atoms with Crippen molar-refractivity contribution < 1.29 is 37.8 Å². The molecule has 6 rings (SSSR count). The van der Waals surface area contributed by atoms with Gasteiger partial charge < -0.3 is 20.8 Å². The number of benzene rings is 6. The number of aromatic carboxylic acids is 2. The summed E-state index contributed by atoms with van der Waals surface area (Å²) in [6, 6.07) is 39.0. The summed E-state index contributed by atoms with van der Waals surface area (Å²) in [5.41, 5.74) is 3.00. The number of hydrogen-bond acceptors (Lipinski definition) is 6. The van der Waals surface area contributed by atoms with E-state index in [9.17, 15) is 37.8 Å². The van der Waals surface area contributed by atoms with Crippen molar-refractivity contribution in [1.82, 2.24) is 0 Å². The van der Waals surface area contributed by atoms with Crippen molar-refractivity contribution in [1.29, 1.82) is 0 Å². The predicted octanol–water partition coefficient (Wildman–Crippen LogP) is 7.60. The van der Waals surface area contributed by atoms with Crippen LogP contribution in [0.25, 0.3) is 0 Å². The Balaban J connectivity index is 1.18. The number of rotatable bonds is 12. The molecule has 0 aliphatic carbocycles. The number of anilines is 2. The molecule has 0 unspecified atom stereocenters. The number of carbonyl (C=O) groups is 4. The van der Waals surface area contributed by atoms with Gasteiger partial charge in [-0.15, -0.1) is 0 Å². The third kappa shape index (κ3) is 8.55. The standard InChI is InChI=1S/C42H32N2O8S/c45-39(35-19-17-29(23-37(35)41(47)48)21-27-9-3-1-4-10-27)43-31-13-7-15-33(25-31)53(51,52)34-16-8-14-32(26-34)44-40(46)36-20-18-30(24-38(36)42(49)50)22-28-11-5-2-6-12-28/h1-20,23-26H,21-22H2,(H,43,45)(H,44,46)(H,47,48)(H,49,50). The van der Waals surface area contributed by atoms with Gasteiger partial charge in [-0.2, -0.15) is 0 Å². The van der Waals surface area contributed by atoms with E-state index in [1.807, 2.05) is 60.7 Å². The third-order valence-corrected chi connectivity index (χ3v) is 10.2. The lowest BCUT2D eigenvalue weighted by atomic mass is 9.98. The highest BCUT2D eigenvalue weighted by molar-refractivity contribution is 7.91. The van der Waals surface area contributed by atoms with E-state index < -0.39 is 33.6 Å². The molecule has 4 N–H and O–H groups in total. The molecule has 0 atom stereocenters. The molecule has 264 valence electrons. The number of amides is 2. The summed E-state index contributed by atoms with van der Waals surface area (Å²) in [5.74, 6) is -4.04. The van der Waals surface area contributed by atoms with Crippen LogP contribution in [0.4, 0.5) is 11.4 Å². The van der Waals surface area contributed by atoms with Crippen LogP contribution in [0.2, 0.25) is 0 Å². The number of carbonyl (C=O) groups excluding carboxylic acids is 2. The Morgan fingerprint density at radius 2 is 0.830 bits per heavy atom. The minimum Gasteiger partial charge on any atom is -0.478 e. The zero-order valence-electron chi connectivity index (χ0n) is 28.0. The van der Waals surface area contributed by atoms with Crippen molar-refractivity contribution in [3.8, 4) is 0 Å². The van der Waals surface area contributed by atoms with Crippen molar-refractivity contribution >= 4 is 45.0 Å². The van der Waals surface area contributed by atoms with E-state index in [0.717, 1.165) is 11.1 Å². The summed E-state index contributed by atoms with van der Waals surface area (Å²) in [5, 5.41) is 25.0. The molecule has 6 aromatic rings. The average Bonchev–Trinajstić information content (AvgIpc) is 3.15. The van der Waals surface area contributed by atoms with Gasteiger partial charge in [0, 0.05) is 11.4 Å². The van der Waals surface area contributed by atoms with Crippen LogP contribution in [0.15, 0.2) is 155 Å². The Hall–Kier alpha value is -6.85. The predicted molar refractivity (Wildman–Crippen MR) is 200 cm³/mol. The van der Waals surface area contributed by atoms with Crippen LogP contribution in [0.3, 0.4) is 0 Å². The first kappa shape index (κ1) is 36.0. The smallest absolute Gasteiger partial charge is 0.336 e. The van der Waals surface area contributed by atoms with Gasteiger partial charge in [-0.05, 0) is 95.8 Å². The number of hydrogen-bond donors (Lipinski definition) is 4. The Labute approximate surface area is 305 Å². The van der Waals surface area contributed by atoms with Gasteiger partial charge in [-0.3, -0.25) is 9.59 Å². The largest absolute Gasteiger partial charge is 0.478 e. The molecule has 10 nitrogen and oxygen atoms in total. The lowest BCUT2D eigenvalue weighted by Crippen LogP contribution is -2.17. The highest BCUT2D eigenvalue weighted by atomic mass is 32.2. The van der Waals surface area contributed by atoms with Gasteiger partial charge in [0.1, 0.15) is 0 Å². The first-order valence-electron chi connectivity index (χ1n) is 16.4. The van der Waals surface area contributed by atoms with Crippen molar-refractivity contribution in [3.05, 3.63) is 190 Å². The monoisotopic (exact) mass is 724 g/mol. The van der Waals surface area contributed by atoms with Gasteiger partial charge in [-0.1, -0.05) is 84.9 Å². The Kier molecular flexibility index (Phi) is 10.6. The number of carboxylic acids is 2. The van der Waals surface area contributed by atoms with Gasteiger partial charge in [0.05, 0.1) is 32.0 Å². The van der Waals surface area contributed by atoms with Crippen LogP contribution in [-0.2, 0) is 22.7 Å². The second-order valence-corrected chi connectivity index (χ2v) is 14.1. The quantitative estimate of drug-likeness (QED) is 0.100. The minimum absolute atomic E-state index is 0.0945. The van der Waals surface area contributed by atoms with Gasteiger partial charge >= 0.3 is 11.9 Å². The molecule has 0 fully saturated rings. The van der Waals surface area contributed by atoms with Crippen molar-refractivity contribution in [2.45, 2.75) is 22.6 Å². The molecule has 0 aromatic heterocycles. The summed E-state index contributed by atoms with van der Waals surface area (Å²) < 4.78 is 27.5. The minimum atomic E-state index is -4.19. The molecule has 0 saturated heterocycles. The van der Waals surface area contributed by atoms with Gasteiger partial charge in [0.2, 0.25) is 9.84 Å². The van der Waals surface area contributed by atoms with E-state index in [4.69, 9.17) is 0 Å². The summed E-state index contributed by atoms with van der Waals surface area (Å²) in [6.07, 6.45) is 0.943. The lowest BCUT2D eigenvalue weighted by molar-refractivity contribution is 0.0683. The molecule has 0 radical (unpaired) electrons. The summed E-state index contributed by atoms with van der Waals surface area (Å²) in [7, 11) is -4.19. The molecule has 0 spiro atoms. The van der Waals surface area contributed by atoms with Crippen LogP contribution >= 0.6 is 0 Å². The molecule has 6 aromatic carbocycles. The maximum atomic E-state index is 13.7. The van der Waals surface area contributed by atoms with E-state index in [2.05, 4.69) is 10.6 Å². The molecule has 0 aliphatic rings. The molecular weight excluding hydrogens is 693 g/mol. The van der Waals surface area contributed by atoms with Crippen molar-refractivity contribution in [2.24, 2.45) is 0 Å². The zero-order chi connectivity index (χ0) is 37.5. The van der Waals surface area contributed by atoms with Crippen LogP contribution < -0.4 is 10.6 Å². The third-order valence-electron chi connectivity index (χ3n) is 8.42. The normalized spacial score (nSPS) is 11.0. The maximum absolute atomic E-state index is 13.7. The molecule has 0 bridgehead atoms. The van der Waals surface area contributed by atoms with Gasteiger partial charge in [0.15, 0.2) is 0 Å². The summed E-state index contributed by atoms with van der Waals surface area (Å²) >= 11 is 0. The van der Waals surface area contributed by atoms with Crippen LogP contribution in [0, 0.1) is 0 Å². The average molecular weight is 725 g/mol. The molecule has 0 saturated carbocycles. The molecule has 0 aliphatic heterocycles. The molecule has 11 heteroatoms. The number of sulfone groups is 1. The Bertz CT molecular complexity index is 2300. The van der Waals surface area contributed by atoms with Crippen LogP contribution in [0.1, 0.15) is 63.7 Å². The molecular formula is C42H32N2O8S. The Morgan fingerprint density at radius 3 is 1.21 bits per heavy atom.